The molecule has 0 aliphatic heterocycles. The summed E-state index contributed by atoms with van der Waals surface area (Å²) in [5.74, 6) is 0. The van der Waals surface area contributed by atoms with Gasteiger partial charge in [0.25, 0.3) is 0 Å². The number of nitrogens with zero attached hydrogens (tertiary/aromatic N) is 2. The van der Waals surface area contributed by atoms with E-state index in [4.69, 9.17) is 11.6 Å². The van der Waals surface area contributed by atoms with Gasteiger partial charge in [-0.2, -0.15) is 0 Å². The lowest BCUT2D eigenvalue weighted by Gasteiger charge is -2.10. The zero-order valence-electron chi connectivity index (χ0n) is 11.0. The lowest BCUT2D eigenvalue weighted by molar-refractivity contribution is 1.13. The van der Waals surface area contributed by atoms with E-state index >= 15 is 0 Å². The third-order valence-electron chi connectivity index (χ3n) is 3.11. The van der Waals surface area contributed by atoms with Crippen LogP contribution in [0, 0.1) is 6.92 Å². The summed E-state index contributed by atoms with van der Waals surface area (Å²) in [5, 5.41) is 0.448. The molecule has 3 rings (SSSR count). The van der Waals surface area contributed by atoms with Crippen LogP contribution in [0.4, 0.5) is 0 Å². The molecule has 0 unspecified atom stereocenters. The second kappa shape index (κ2) is 5.43. The molecule has 1 heterocycles. The number of aromatic nitrogens is 2. The molecule has 3 aromatic rings. The van der Waals surface area contributed by atoms with Crippen molar-refractivity contribution in [2.75, 3.05) is 0 Å². The summed E-state index contributed by atoms with van der Waals surface area (Å²) in [6, 6.07) is 20.0. The number of halogens is 1. The number of rotatable bonds is 2. The first-order valence-electron chi connectivity index (χ1n) is 6.40. The Kier molecular flexibility index (Phi) is 3.48. The van der Waals surface area contributed by atoms with E-state index in [1.807, 2.05) is 67.6 Å². The van der Waals surface area contributed by atoms with Crippen molar-refractivity contribution >= 4 is 11.6 Å². The number of hydrogen-bond donors (Lipinski definition) is 0. The Bertz CT molecular complexity index is 660. The zero-order valence-corrected chi connectivity index (χ0v) is 11.8. The van der Waals surface area contributed by atoms with Gasteiger partial charge in [0.15, 0.2) is 5.15 Å². The van der Waals surface area contributed by atoms with Crippen molar-refractivity contribution in [3.8, 4) is 22.5 Å². The molecule has 0 spiro atoms. The van der Waals surface area contributed by atoms with Gasteiger partial charge in [0.2, 0.25) is 0 Å². The number of hydrogen-bond acceptors (Lipinski definition) is 2. The molecule has 0 N–H and O–H groups in total. The molecular weight excluding hydrogens is 268 g/mol. The highest BCUT2D eigenvalue weighted by atomic mass is 35.5. The lowest BCUT2D eigenvalue weighted by Crippen LogP contribution is -1.97. The predicted molar refractivity (Wildman–Crippen MR) is 82.7 cm³/mol. The van der Waals surface area contributed by atoms with Crippen molar-refractivity contribution in [2.45, 2.75) is 6.92 Å². The van der Waals surface area contributed by atoms with Gasteiger partial charge in [-0.15, -0.1) is 0 Å². The van der Waals surface area contributed by atoms with Crippen LogP contribution in [0.2, 0.25) is 5.15 Å². The van der Waals surface area contributed by atoms with Gasteiger partial charge < -0.3 is 0 Å². The SMILES string of the molecule is Cc1nc(-c2ccccc2)c(-c2ccccc2)nc1Cl. The second-order valence-electron chi connectivity index (χ2n) is 4.53. The summed E-state index contributed by atoms with van der Waals surface area (Å²) in [6.45, 7) is 1.87. The van der Waals surface area contributed by atoms with Crippen LogP contribution in [-0.4, -0.2) is 9.97 Å². The average molecular weight is 281 g/mol. The molecule has 3 heteroatoms. The highest BCUT2D eigenvalue weighted by molar-refractivity contribution is 6.30. The molecule has 0 amide bonds. The third-order valence-corrected chi connectivity index (χ3v) is 3.46. The van der Waals surface area contributed by atoms with Crippen LogP contribution in [0.1, 0.15) is 5.69 Å². The maximum atomic E-state index is 6.15. The summed E-state index contributed by atoms with van der Waals surface area (Å²) in [4.78, 5) is 9.15. The molecule has 0 fully saturated rings. The molecule has 0 saturated carbocycles. The Morgan fingerprint density at radius 2 is 1.15 bits per heavy atom. The smallest absolute Gasteiger partial charge is 0.150 e. The monoisotopic (exact) mass is 280 g/mol. The van der Waals surface area contributed by atoms with E-state index in [-0.39, 0.29) is 0 Å². The van der Waals surface area contributed by atoms with Crippen molar-refractivity contribution in [1.82, 2.24) is 9.97 Å². The van der Waals surface area contributed by atoms with Crippen molar-refractivity contribution in [3.05, 3.63) is 71.5 Å². The van der Waals surface area contributed by atoms with Crippen LogP contribution in [0.3, 0.4) is 0 Å². The minimum Gasteiger partial charge on any atom is -0.248 e. The van der Waals surface area contributed by atoms with Crippen LogP contribution in [0.5, 0.6) is 0 Å². The number of aryl methyl sites for hydroxylation is 1. The minimum absolute atomic E-state index is 0.448. The van der Waals surface area contributed by atoms with Crippen molar-refractivity contribution < 1.29 is 0 Å². The maximum absolute atomic E-state index is 6.15. The molecule has 0 radical (unpaired) electrons. The molecule has 0 atom stereocenters. The Hall–Kier alpha value is -2.19. The van der Waals surface area contributed by atoms with Crippen LogP contribution in [0.15, 0.2) is 60.7 Å². The van der Waals surface area contributed by atoms with Gasteiger partial charge in [-0.1, -0.05) is 72.3 Å². The van der Waals surface area contributed by atoms with E-state index in [0.717, 1.165) is 28.2 Å². The quantitative estimate of drug-likeness (QED) is 0.675. The van der Waals surface area contributed by atoms with E-state index in [2.05, 4.69) is 9.97 Å². The Labute approximate surface area is 123 Å². The molecule has 0 aliphatic rings. The highest BCUT2D eigenvalue weighted by Gasteiger charge is 2.13. The fourth-order valence-corrected chi connectivity index (χ4v) is 2.22. The van der Waals surface area contributed by atoms with Gasteiger partial charge >= 0.3 is 0 Å². The van der Waals surface area contributed by atoms with Crippen molar-refractivity contribution in [1.29, 1.82) is 0 Å². The zero-order chi connectivity index (χ0) is 13.9. The predicted octanol–water partition coefficient (Wildman–Crippen LogP) is 4.77. The molecule has 0 bridgehead atoms. The molecular formula is C17H13ClN2. The van der Waals surface area contributed by atoms with Gasteiger partial charge in [0, 0.05) is 11.1 Å². The first-order chi connectivity index (χ1) is 9.75. The first-order valence-corrected chi connectivity index (χ1v) is 6.78. The highest BCUT2D eigenvalue weighted by Crippen LogP contribution is 2.30. The number of benzene rings is 2. The molecule has 20 heavy (non-hydrogen) atoms. The molecule has 0 aliphatic carbocycles. The Balaban J connectivity index is 2.26. The normalized spacial score (nSPS) is 10.5. The van der Waals surface area contributed by atoms with Gasteiger partial charge in [0.05, 0.1) is 17.1 Å². The molecule has 98 valence electrons. The summed E-state index contributed by atoms with van der Waals surface area (Å²) in [6.07, 6.45) is 0. The molecule has 2 aromatic carbocycles. The van der Waals surface area contributed by atoms with Gasteiger partial charge in [-0.05, 0) is 6.92 Å². The van der Waals surface area contributed by atoms with E-state index in [0.29, 0.717) is 5.15 Å². The van der Waals surface area contributed by atoms with E-state index in [1.165, 1.54) is 0 Å². The first kappa shape index (κ1) is 12.8. The summed E-state index contributed by atoms with van der Waals surface area (Å²) in [5.41, 5.74) is 4.47. The molecule has 1 aromatic heterocycles. The standard InChI is InChI=1S/C17H13ClN2/c1-12-17(18)20-16(14-10-6-3-7-11-14)15(19-12)13-8-4-2-5-9-13/h2-11H,1H3. The maximum Gasteiger partial charge on any atom is 0.150 e. The largest absolute Gasteiger partial charge is 0.248 e. The fraction of sp³-hybridized carbons (Fsp3) is 0.0588. The molecule has 2 nitrogen and oxygen atoms in total. The Morgan fingerprint density at radius 3 is 1.65 bits per heavy atom. The van der Waals surface area contributed by atoms with Crippen LogP contribution in [-0.2, 0) is 0 Å². The van der Waals surface area contributed by atoms with Gasteiger partial charge in [-0.3, -0.25) is 0 Å². The van der Waals surface area contributed by atoms with Crippen LogP contribution >= 0.6 is 11.6 Å². The summed E-state index contributed by atoms with van der Waals surface area (Å²) < 4.78 is 0. The van der Waals surface area contributed by atoms with Crippen molar-refractivity contribution in [2.24, 2.45) is 0 Å². The molecule has 0 saturated heterocycles. The van der Waals surface area contributed by atoms with Crippen molar-refractivity contribution in [3.63, 3.8) is 0 Å². The average Bonchev–Trinajstić information content (AvgIpc) is 2.51. The van der Waals surface area contributed by atoms with E-state index in [9.17, 15) is 0 Å². The summed E-state index contributed by atoms with van der Waals surface area (Å²) >= 11 is 6.15. The van der Waals surface area contributed by atoms with Crippen LogP contribution in [0.25, 0.3) is 22.5 Å². The van der Waals surface area contributed by atoms with Gasteiger partial charge in [0.1, 0.15) is 0 Å². The topological polar surface area (TPSA) is 25.8 Å². The van der Waals surface area contributed by atoms with Crippen LogP contribution < -0.4 is 0 Å². The second-order valence-corrected chi connectivity index (χ2v) is 4.89. The Morgan fingerprint density at radius 1 is 0.700 bits per heavy atom. The van der Waals surface area contributed by atoms with E-state index in [1.54, 1.807) is 0 Å². The lowest BCUT2D eigenvalue weighted by atomic mass is 10.0. The fourth-order valence-electron chi connectivity index (χ4n) is 2.09. The summed E-state index contributed by atoms with van der Waals surface area (Å²) in [7, 11) is 0. The van der Waals surface area contributed by atoms with E-state index < -0.39 is 0 Å². The minimum atomic E-state index is 0.448. The third kappa shape index (κ3) is 2.43. The van der Waals surface area contributed by atoms with Gasteiger partial charge in [-0.25, -0.2) is 9.97 Å².